The standard InChI is InChI=1S/C23H21N5O3/c1-14-20(22-27-26-21(31-22)16-9-11-18(30-4)12-10-16)25-19(13-24-14)15-5-7-17(8-6-15)23(29)28(2)3/h5-13H,1-4H3. The van der Waals surface area contributed by atoms with Gasteiger partial charge in [-0.2, -0.15) is 0 Å². The number of nitrogens with zero attached hydrogens (tertiary/aromatic N) is 5. The average molecular weight is 415 g/mol. The zero-order valence-electron chi connectivity index (χ0n) is 17.7. The Morgan fingerprint density at radius 3 is 2.23 bits per heavy atom. The first-order valence-corrected chi connectivity index (χ1v) is 9.60. The SMILES string of the molecule is COc1ccc(-c2nnc(-c3nc(-c4ccc(C(=O)N(C)C)cc4)cnc3C)o2)cc1. The number of methoxy groups -OCH3 is 1. The molecule has 0 aliphatic carbocycles. The predicted octanol–water partition coefficient (Wildman–Crippen LogP) is 3.88. The molecule has 0 bridgehead atoms. The fourth-order valence-corrected chi connectivity index (χ4v) is 3.00. The molecular weight excluding hydrogens is 394 g/mol. The van der Waals surface area contributed by atoms with E-state index in [0.29, 0.717) is 28.5 Å². The van der Waals surface area contributed by atoms with Crippen LogP contribution < -0.4 is 4.74 Å². The maximum absolute atomic E-state index is 12.1. The van der Waals surface area contributed by atoms with Gasteiger partial charge >= 0.3 is 0 Å². The van der Waals surface area contributed by atoms with E-state index in [-0.39, 0.29) is 11.8 Å². The van der Waals surface area contributed by atoms with Crippen LogP contribution in [0, 0.1) is 6.92 Å². The lowest BCUT2D eigenvalue weighted by Gasteiger charge is -2.10. The van der Waals surface area contributed by atoms with Crippen molar-refractivity contribution in [2.45, 2.75) is 6.92 Å². The Bertz CT molecular complexity index is 1210. The largest absolute Gasteiger partial charge is 0.497 e. The summed E-state index contributed by atoms with van der Waals surface area (Å²) in [4.78, 5) is 22.8. The number of hydrogen-bond donors (Lipinski definition) is 0. The highest BCUT2D eigenvalue weighted by Gasteiger charge is 2.16. The predicted molar refractivity (Wildman–Crippen MR) is 116 cm³/mol. The van der Waals surface area contributed by atoms with Crippen molar-refractivity contribution in [2.75, 3.05) is 21.2 Å². The van der Waals surface area contributed by atoms with Gasteiger partial charge in [0.15, 0.2) is 0 Å². The van der Waals surface area contributed by atoms with Gasteiger partial charge in [-0.15, -0.1) is 10.2 Å². The molecule has 8 heteroatoms. The van der Waals surface area contributed by atoms with Crippen molar-refractivity contribution < 1.29 is 13.9 Å². The van der Waals surface area contributed by atoms with Crippen LogP contribution in [0.15, 0.2) is 59.1 Å². The van der Waals surface area contributed by atoms with Crippen LogP contribution in [-0.4, -0.2) is 52.2 Å². The van der Waals surface area contributed by atoms with Gasteiger partial charge in [0.1, 0.15) is 11.4 Å². The number of benzene rings is 2. The number of amides is 1. The summed E-state index contributed by atoms with van der Waals surface area (Å²) in [7, 11) is 5.05. The van der Waals surface area contributed by atoms with Crippen LogP contribution in [0.2, 0.25) is 0 Å². The van der Waals surface area contributed by atoms with E-state index < -0.39 is 0 Å². The second-order valence-electron chi connectivity index (χ2n) is 7.11. The third-order valence-electron chi connectivity index (χ3n) is 4.75. The van der Waals surface area contributed by atoms with Crippen molar-refractivity contribution in [3.05, 3.63) is 66.0 Å². The molecule has 0 aliphatic heterocycles. The molecule has 0 unspecified atom stereocenters. The smallest absolute Gasteiger partial charge is 0.268 e. The van der Waals surface area contributed by atoms with Gasteiger partial charge < -0.3 is 14.1 Å². The lowest BCUT2D eigenvalue weighted by Crippen LogP contribution is -2.21. The van der Waals surface area contributed by atoms with Gasteiger partial charge in [-0.25, -0.2) is 4.98 Å². The summed E-state index contributed by atoms with van der Waals surface area (Å²) < 4.78 is 11.0. The Kier molecular flexibility index (Phi) is 5.44. The van der Waals surface area contributed by atoms with E-state index >= 15 is 0 Å². The first-order chi connectivity index (χ1) is 15.0. The van der Waals surface area contributed by atoms with Crippen molar-refractivity contribution in [3.8, 4) is 40.0 Å². The van der Waals surface area contributed by atoms with Crippen molar-refractivity contribution in [2.24, 2.45) is 0 Å². The summed E-state index contributed by atoms with van der Waals surface area (Å²) in [5.41, 5.74) is 4.05. The molecule has 2 heterocycles. The van der Waals surface area contributed by atoms with Crippen LogP contribution in [0.1, 0.15) is 16.1 Å². The van der Waals surface area contributed by atoms with Gasteiger partial charge in [0, 0.05) is 30.8 Å². The highest BCUT2D eigenvalue weighted by atomic mass is 16.5. The van der Waals surface area contributed by atoms with Crippen molar-refractivity contribution in [1.29, 1.82) is 0 Å². The molecule has 0 fully saturated rings. The third-order valence-corrected chi connectivity index (χ3v) is 4.75. The summed E-state index contributed by atoms with van der Waals surface area (Å²) in [5.74, 6) is 1.36. The van der Waals surface area contributed by atoms with Crippen molar-refractivity contribution in [3.63, 3.8) is 0 Å². The quantitative estimate of drug-likeness (QED) is 0.488. The topological polar surface area (TPSA) is 94.2 Å². The monoisotopic (exact) mass is 415 g/mol. The Hall–Kier alpha value is -4.07. The minimum absolute atomic E-state index is 0.0563. The number of carbonyl (C=O) groups is 1. The first-order valence-electron chi connectivity index (χ1n) is 9.60. The Morgan fingerprint density at radius 1 is 0.935 bits per heavy atom. The number of carbonyl (C=O) groups excluding carboxylic acids is 1. The summed E-state index contributed by atoms with van der Waals surface area (Å²) in [5, 5.41) is 8.30. The number of rotatable bonds is 5. The molecule has 0 atom stereocenters. The molecule has 31 heavy (non-hydrogen) atoms. The molecule has 0 saturated heterocycles. The average Bonchev–Trinajstić information content (AvgIpc) is 3.29. The van der Waals surface area contributed by atoms with Crippen molar-refractivity contribution in [1.82, 2.24) is 25.1 Å². The second kappa shape index (κ2) is 8.35. The molecule has 0 spiro atoms. The van der Waals surface area contributed by atoms with E-state index in [9.17, 15) is 4.79 Å². The van der Waals surface area contributed by atoms with Gasteiger partial charge in [-0.1, -0.05) is 12.1 Å². The fourth-order valence-electron chi connectivity index (χ4n) is 3.00. The zero-order valence-corrected chi connectivity index (χ0v) is 17.7. The number of hydrogen-bond acceptors (Lipinski definition) is 7. The van der Waals surface area contributed by atoms with Gasteiger partial charge in [0.25, 0.3) is 11.8 Å². The Morgan fingerprint density at radius 2 is 1.58 bits per heavy atom. The fraction of sp³-hybridized carbons (Fsp3) is 0.174. The molecule has 0 N–H and O–H groups in total. The molecule has 8 nitrogen and oxygen atoms in total. The zero-order chi connectivity index (χ0) is 22.0. The number of aromatic nitrogens is 4. The maximum Gasteiger partial charge on any atom is 0.268 e. The molecular formula is C23H21N5O3. The minimum atomic E-state index is -0.0563. The van der Waals surface area contributed by atoms with Gasteiger partial charge in [-0.3, -0.25) is 9.78 Å². The van der Waals surface area contributed by atoms with Crippen LogP contribution in [0.3, 0.4) is 0 Å². The molecule has 4 aromatic rings. The summed E-state index contributed by atoms with van der Waals surface area (Å²) in [6.07, 6.45) is 1.68. The summed E-state index contributed by atoms with van der Waals surface area (Å²) in [6, 6.07) is 14.6. The molecule has 2 aromatic carbocycles. The summed E-state index contributed by atoms with van der Waals surface area (Å²) >= 11 is 0. The van der Waals surface area contributed by atoms with E-state index in [1.165, 1.54) is 4.90 Å². The van der Waals surface area contributed by atoms with Crippen LogP contribution in [0.25, 0.3) is 34.3 Å². The van der Waals surface area contributed by atoms with E-state index in [1.54, 1.807) is 39.5 Å². The molecule has 0 aliphatic rings. The lowest BCUT2D eigenvalue weighted by atomic mass is 10.1. The van der Waals surface area contributed by atoms with E-state index in [4.69, 9.17) is 9.15 Å². The minimum Gasteiger partial charge on any atom is -0.497 e. The number of aryl methyl sites for hydroxylation is 1. The van der Waals surface area contributed by atoms with Crippen LogP contribution in [0.5, 0.6) is 5.75 Å². The van der Waals surface area contributed by atoms with Crippen LogP contribution in [-0.2, 0) is 0 Å². The Labute approximate surface area is 179 Å². The third kappa shape index (κ3) is 4.13. The first kappa shape index (κ1) is 20.2. The maximum atomic E-state index is 12.1. The highest BCUT2D eigenvalue weighted by Crippen LogP contribution is 2.27. The highest BCUT2D eigenvalue weighted by molar-refractivity contribution is 5.94. The molecule has 0 radical (unpaired) electrons. The van der Waals surface area contributed by atoms with E-state index in [0.717, 1.165) is 16.9 Å². The summed E-state index contributed by atoms with van der Waals surface area (Å²) in [6.45, 7) is 1.84. The molecule has 4 rings (SSSR count). The molecule has 0 saturated carbocycles. The van der Waals surface area contributed by atoms with E-state index in [1.807, 2.05) is 43.3 Å². The van der Waals surface area contributed by atoms with Gasteiger partial charge in [0.05, 0.1) is 24.7 Å². The molecule has 2 aromatic heterocycles. The molecule has 1 amide bonds. The van der Waals surface area contributed by atoms with Gasteiger partial charge in [0.2, 0.25) is 5.89 Å². The lowest BCUT2D eigenvalue weighted by molar-refractivity contribution is 0.0827. The normalized spacial score (nSPS) is 10.7. The van der Waals surface area contributed by atoms with Gasteiger partial charge in [-0.05, 0) is 43.3 Å². The number of ether oxygens (including phenoxy) is 1. The van der Waals surface area contributed by atoms with E-state index in [2.05, 4.69) is 20.2 Å². The van der Waals surface area contributed by atoms with Crippen LogP contribution >= 0.6 is 0 Å². The molecule has 156 valence electrons. The van der Waals surface area contributed by atoms with Crippen molar-refractivity contribution >= 4 is 5.91 Å². The second-order valence-corrected chi connectivity index (χ2v) is 7.11. The van der Waals surface area contributed by atoms with Crippen LogP contribution in [0.4, 0.5) is 0 Å². The Balaban J connectivity index is 1.64.